The van der Waals surface area contributed by atoms with Gasteiger partial charge in [0.05, 0.1) is 6.10 Å². The Hall–Kier alpha value is -0.830. The lowest BCUT2D eigenvalue weighted by molar-refractivity contribution is 0.156. The van der Waals surface area contributed by atoms with Crippen molar-refractivity contribution in [2.45, 2.75) is 59.0 Å². The molecular formula is C12H24N2O. The van der Waals surface area contributed by atoms with Crippen molar-refractivity contribution in [2.75, 3.05) is 0 Å². The number of aromatic amines is 1. The van der Waals surface area contributed by atoms with Gasteiger partial charge in [-0.1, -0.05) is 33.1 Å². The molecule has 0 saturated carbocycles. The SMILES string of the molecule is CCCCCC(O)CC.Cc1ncc[nH]1. The van der Waals surface area contributed by atoms with Crippen LogP contribution in [0.2, 0.25) is 0 Å². The Bertz CT molecular complexity index is 209. The smallest absolute Gasteiger partial charge is 0.102 e. The van der Waals surface area contributed by atoms with E-state index in [2.05, 4.69) is 16.9 Å². The van der Waals surface area contributed by atoms with Crippen molar-refractivity contribution in [1.82, 2.24) is 9.97 Å². The molecule has 0 amide bonds. The second-order valence-electron chi connectivity index (χ2n) is 3.73. The molecular weight excluding hydrogens is 188 g/mol. The lowest BCUT2D eigenvalue weighted by Gasteiger charge is -2.04. The zero-order chi connectivity index (χ0) is 11.5. The van der Waals surface area contributed by atoms with E-state index in [1.54, 1.807) is 12.4 Å². The van der Waals surface area contributed by atoms with E-state index >= 15 is 0 Å². The number of aromatic nitrogens is 2. The molecule has 1 unspecified atom stereocenters. The lowest BCUT2D eigenvalue weighted by Crippen LogP contribution is -2.02. The minimum atomic E-state index is -0.0449. The Morgan fingerprint density at radius 3 is 2.47 bits per heavy atom. The first-order valence-corrected chi connectivity index (χ1v) is 5.84. The number of imidazole rings is 1. The second kappa shape index (κ2) is 9.71. The summed E-state index contributed by atoms with van der Waals surface area (Å²) in [4.78, 5) is 6.75. The van der Waals surface area contributed by atoms with Gasteiger partial charge >= 0.3 is 0 Å². The average Bonchev–Trinajstić information content (AvgIpc) is 2.70. The number of unbranched alkanes of at least 4 members (excludes halogenated alkanes) is 2. The van der Waals surface area contributed by atoms with Gasteiger partial charge < -0.3 is 10.1 Å². The summed E-state index contributed by atoms with van der Waals surface area (Å²) < 4.78 is 0. The second-order valence-corrected chi connectivity index (χ2v) is 3.73. The number of aryl methyl sites for hydroxylation is 1. The van der Waals surface area contributed by atoms with E-state index in [0.717, 1.165) is 18.7 Å². The molecule has 1 atom stereocenters. The van der Waals surface area contributed by atoms with Crippen LogP contribution in [0.3, 0.4) is 0 Å². The van der Waals surface area contributed by atoms with Gasteiger partial charge in [0.15, 0.2) is 0 Å². The summed E-state index contributed by atoms with van der Waals surface area (Å²) in [5.74, 6) is 0.968. The first kappa shape index (κ1) is 14.2. The largest absolute Gasteiger partial charge is 0.393 e. The monoisotopic (exact) mass is 212 g/mol. The third-order valence-electron chi connectivity index (χ3n) is 2.25. The maximum Gasteiger partial charge on any atom is 0.102 e. The van der Waals surface area contributed by atoms with Gasteiger partial charge in [0.2, 0.25) is 0 Å². The van der Waals surface area contributed by atoms with Crippen molar-refractivity contribution in [2.24, 2.45) is 0 Å². The van der Waals surface area contributed by atoms with E-state index in [1.807, 2.05) is 13.8 Å². The minimum Gasteiger partial charge on any atom is -0.393 e. The van der Waals surface area contributed by atoms with Crippen LogP contribution in [0.15, 0.2) is 12.4 Å². The number of hydrogen-bond donors (Lipinski definition) is 2. The number of aliphatic hydroxyl groups is 1. The van der Waals surface area contributed by atoms with Crippen LogP contribution in [0.4, 0.5) is 0 Å². The Morgan fingerprint density at radius 2 is 2.13 bits per heavy atom. The number of rotatable bonds is 5. The fourth-order valence-electron chi connectivity index (χ4n) is 1.18. The van der Waals surface area contributed by atoms with Gasteiger partial charge in [-0.05, 0) is 19.8 Å². The number of nitrogens with zero attached hydrogens (tertiary/aromatic N) is 1. The average molecular weight is 212 g/mol. The van der Waals surface area contributed by atoms with Crippen LogP contribution >= 0.6 is 0 Å². The predicted molar refractivity (Wildman–Crippen MR) is 63.8 cm³/mol. The summed E-state index contributed by atoms with van der Waals surface area (Å²) in [6.07, 6.45) is 9.08. The Kier molecular flexibility index (Phi) is 9.18. The lowest BCUT2D eigenvalue weighted by atomic mass is 10.1. The highest BCUT2D eigenvalue weighted by Gasteiger charge is 1.97. The topological polar surface area (TPSA) is 48.9 Å². The van der Waals surface area contributed by atoms with Gasteiger partial charge in [-0.15, -0.1) is 0 Å². The molecule has 3 heteroatoms. The highest BCUT2D eigenvalue weighted by Crippen LogP contribution is 2.04. The van der Waals surface area contributed by atoms with Crippen molar-refractivity contribution in [3.63, 3.8) is 0 Å². The molecule has 0 aliphatic rings. The van der Waals surface area contributed by atoms with Gasteiger partial charge in [0.25, 0.3) is 0 Å². The van der Waals surface area contributed by atoms with Crippen molar-refractivity contribution >= 4 is 0 Å². The van der Waals surface area contributed by atoms with E-state index in [1.165, 1.54) is 19.3 Å². The van der Waals surface area contributed by atoms with Crippen LogP contribution < -0.4 is 0 Å². The van der Waals surface area contributed by atoms with Crippen LogP contribution in [0.5, 0.6) is 0 Å². The first-order valence-electron chi connectivity index (χ1n) is 5.84. The quantitative estimate of drug-likeness (QED) is 0.737. The van der Waals surface area contributed by atoms with Crippen molar-refractivity contribution in [1.29, 1.82) is 0 Å². The highest BCUT2D eigenvalue weighted by atomic mass is 16.3. The summed E-state index contributed by atoms with van der Waals surface area (Å²) in [5.41, 5.74) is 0. The van der Waals surface area contributed by atoms with Crippen LogP contribution in [0.25, 0.3) is 0 Å². The first-order chi connectivity index (χ1) is 7.20. The molecule has 1 aromatic rings. The number of hydrogen-bond acceptors (Lipinski definition) is 2. The number of H-pyrrole nitrogens is 1. The Morgan fingerprint density at radius 1 is 1.40 bits per heavy atom. The maximum atomic E-state index is 9.08. The zero-order valence-electron chi connectivity index (χ0n) is 10.2. The van der Waals surface area contributed by atoms with Gasteiger partial charge in [0, 0.05) is 12.4 Å². The van der Waals surface area contributed by atoms with Crippen LogP contribution in [0, 0.1) is 6.92 Å². The predicted octanol–water partition coefficient (Wildman–Crippen LogP) is 3.06. The molecule has 0 radical (unpaired) electrons. The molecule has 3 nitrogen and oxygen atoms in total. The van der Waals surface area contributed by atoms with E-state index in [4.69, 9.17) is 5.11 Å². The molecule has 1 rings (SSSR count). The molecule has 0 saturated heterocycles. The standard InChI is InChI=1S/C8H18O.C4H6N2/c1-3-5-6-7-8(9)4-2;1-4-5-2-3-6-4/h8-9H,3-7H2,1-2H3;2-3H,1H3,(H,5,6). The van der Waals surface area contributed by atoms with Gasteiger partial charge in [-0.2, -0.15) is 0 Å². The summed E-state index contributed by atoms with van der Waals surface area (Å²) >= 11 is 0. The highest BCUT2D eigenvalue weighted by molar-refractivity contribution is 4.80. The van der Waals surface area contributed by atoms with Crippen LogP contribution in [-0.4, -0.2) is 21.2 Å². The maximum absolute atomic E-state index is 9.08. The molecule has 0 spiro atoms. The molecule has 0 fully saturated rings. The molecule has 0 bridgehead atoms. The molecule has 2 N–H and O–H groups in total. The van der Waals surface area contributed by atoms with Crippen molar-refractivity contribution in [3.8, 4) is 0 Å². The minimum absolute atomic E-state index is 0.0449. The summed E-state index contributed by atoms with van der Waals surface area (Å²) in [6.45, 7) is 6.12. The van der Waals surface area contributed by atoms with Crippen LogP contribution in [0.1, 0.15) is 51.8 Å². The van der Waals surface area contributed by atoms with E-state index < -0.39 is 0 Å². The summed E-state index contributed by atoms with van der Waals surface area (Å²) in [7, 11) is 0. The number of aliphatic hydroxyl groups excluding tert-OH is 1. The normalized spacial score (nSPS) is 11.7. The third kappa shape index (κ3) is 9.47. The zero-order valence-corrected chi connectivity index (χ0v) is 10.2. The van der Waals surface area contributed by atoms with Crippen LogP contribution in [-0.2, 0) is 0 Å². The summed E-state index contributed by atoms with van der Waals surface area (Å²) in [5, 5.41) is 9.08. The molecule has 0 aromatic carbocycles. The third-order valence-corrected chi connectivity index (χ3v) is 2.25. The fourth-order valence-corrected chi connectivity index (χ4v) is 1.18. The van der Waals surface area contributed by atoms with Gasteiger partial charge in [-0.25, -0.2) is 4.98 Å². The Balaban J connectivity index is 0.000000280. The van der Waals surface area contributed by atoms with E-state index in [0.29, 0.717) is 0 Å². The fraction of sp³-hybridized carbons (Fsp3) is 0.750. The van der Waals surface area contributed by atoms with Gasteiger partial charge in [-0.3, -0.25) is 0 Å². The van der Waals surface area contributed by atoms with Crippen molar-refractivity contribution < 1.29 is 5.11 Å². The number of nitrogens with one attached hydrogen (secondary N) is 1. The molecule has 15 heavy (non-hydrogen) atoms. The van der Waals surface area contributed by atoms with Crippen molar-refractivity contribution in [3.05, 3.63) is 18.2 Å². The molecule has 0 aliphatic carbocycles. The van der Waals surface area contributed by atoms with E-state index in [-0.39, 0.29) is 6.10 Å². The summed E-state index contributed by atoms with van der Waals surface area (Å²) in [6, 6.07) is 0. The molecule has 1 aromatic heterocycles. The Labute approximate surface area is 92.9 Å². The molecule has 0 aliphatic heterocycles. The van der Waals surface area contributed by atoms with E-state index in [9.17, 15) is 0 Å². The molecule has 1 heterocycles. The van der Waals surface area contributed by atoms with Gasteiger partial charge in [0.1, 0.15) is 5.82 Å². The molecule has 88 valence electrons.